The van der Waals surface area contributed by atoms with Crippen LogP contribution in [0.5, 0.6) is 0 Å². The molecule has 0 aliphatic rings. The van der Waals surface area contributed by atoms with E-state index in [1.54, 1.807) is 6.20 Å². The Morgan fingerprint density at radius 2 is 2.12 bits per heavy atom. The van der Waals surface area contributed by atoms with E-state index in [4.69, 9.17) is 0 Å². The minimum absolute atomic E-state index is 0.122. The molecule has 1 N–H and O–H groups in total. The van der Waals surface area contributed by atoms with Gasteiger partial charge in [-0.15, -0.1) is 11.3 Å². The maximum absolute atomic E-state index is 12.2. The quantitative estimate of drug-likeness (QED) is 0.779. The average Bonchev–Trinajstić information content (AvgIpc) is 3.01. The molecule has 1 amide bonds. The van der Waals surface area contributed by atoms with E-state index in [2.05, 4.69) is 20.0 Å². The number of amides is 1. The predicted molar refractivity (Wildman–Crippen MR) is 92.5 cm³/mol. The van der Waals surface area contributed by atoms with Gasteiger partial charge in [0.15, 0.2) is 0 Å². The predicted octanol–water partition coefficient (Wildman–Crippen LogP) is 2.60. The van der Waals surface area contributed by atoms with Crippen LogP contribution in [0.1, 0.15) is 32.4 Å². The lowest BCUT2D eigenvalue weighted by Gasteiger charge is -2.25. The highest BCUT2D eigenvalue weighted by atomic mass is 32.1. The molecule has 2 heterocycles. The SMILES string of the molecule is COC(=O)CCC(C)(C)NC(=O)Cc1csc(-c2ccccn2)n1. The van der Waals surface area contributed by atoms with Crippen molar-refractivity contribution in [1.29, 1.82) is 0 Å². The third kappa shape index (κ3) is 5.42. The molecule has 128 valence electrons. The average molecular weight is 347 g/mol. The fourth-order valence-electron chi connectivity index (χ4n) is 2.16. The van der Waals surface area contributed by atoms with Crippen molar-refractivity contribution in [3.05, 3.63) is 35.5 Å². The minimum atomic E-state index is -0.481. The van der Waals surface area contributed by atoms with Crippen molar-refractivity contribution >= 4 is 23.2 Å². The number of hydrogen-bond donors (Lipinski definition) is 1. The number of nitrogens with zero attached hydrogens (tertiary/aromatic N) is 2. The Balaban J connectivity index is 1.90. The third-order valence-electron chi connectivity index (χ3n) is 3.44. The van der Waals surface area contributed by atoms with Gasteiger partial charge >= 0.3 is 5.97 Å². The Kier molecular flexibility index (Phi) is 6.03. The van der Waals surface area contributed by atoms with Gasteiger partial charge in [0, 0.05) is 23.5 Å². The van der Waals surface area contributed by atoms with Gasteiger partial charge in [-0.1, -0.05) is 6.07 Å². The summed E-state index contributed by atoms with van der Waals surface area (Å²) in [6, 6.07) is 5.64. The van der Waals surface area contributed by atoms with E-state index in [9.17, 15) is 9.59 Å². The number of esters is 1. The molecule has 6 nitrogen and oxygen atoms in total. The van der Waals surface area contributed by atoms with E-state index in [-0.39, 0.29) is 24.7 Å². The molecule has 0 radical (unpaired) electrons. The molecule has 0 aliphatic carbocycles. The Morgan fingerprint density at radius 1 is 1.33 bits per heavy atom. The zero-order valence-electron chi connectivity index (χ0n) is 14.0. The first-order valence-electron chi connectivity index (χ1n) is 7.63. The van der Waals surface area contributed by atoms with Crippen molar-refractivity contribution in [3.63, 3.8) is 0 Å². The van der Waals surface area contributed by atoms with E-state index in [1.807, 2.05) is 37.4 Å². The van der Waals surface area contributed by atoms with Crippen molar-refractivity contribution in [2.45, 2.75) is 38.6 Å². The van der Waals surface area contributed by atoms with Crippen molar-refractivity contribution in [2.24, 2.45) is 0 Å². The highest BCUT2D eigenvalue weighted by Crippen LogP contribution is 2.21. The second-order valence-electron chi connectivity index (χ2n) is 6.04. The molecule has 0 aliphatic heterocycles. The number of hydrogen-bond acceptors (Lipinski definition) is 6. The van der Waals surface area contributed by atoms with Crippen molar-refractivity contribution < 1.29 is 14.3 Å². The van der Waals surface area contributed by atoms with Crippen LogP contribution in [0.2, 0.25) is 0 Å². The van der Waals surface area contributed by atoms with Gasteiger partial charge in [-0.3, -0.25) is 14.6 Å². The van der Waals surface area contributed by atoms with Gasteiger partial charge in [-0.05, 0) is 32.4 Å². The summed E-state index contributed by atoms with van der Waals surface area (Å²) in [4.78, 5) is 32.1. The van der Waals surface area contributed by atoms with Gasteiger partial charge in [0.1, 0.15) is 5.01 Å². The first-order valence-corrected chi connectivity index (χ1v) is 8.51. The molecule has 2 rings (SSSR count). The van der Waals surface area contributed by atoms with Crippen LogP contribution in [0.25, 0.3) is 10.7 Å². The van der Waals surface area contributed by atoms with E-state index < -0.39 is 5.54 Å². The van der Waals surface area contributed by atoms with Crippen LogP contribution < -0.4 is 5.32 Å². The van der Waals surface area contributed by atoms with Crippen molar-refractivity contribution in [1.82, 2.24) is 15.3 Å². The molecule has 0 aromatic carbocycles. The fraction of sp³-hybridized carbons (Fsp3) is 0.412. The molecule has 24 heavy (non-hydrogen) atoms. The van der Waals surface area contributed by atoms with Gasteiger partial charge < -0.3 is 10.1 Å². The van der Waals surface area contributed by atoms with E-state index in [1.165, 1.54) is 18.4 Å². The molecule has 2 aromatic rings. The number of methoxy groups -OCH3 is 1. The monoisotopic (exact) mass is 347 g/mol. The van der Waals surface area contributed by atoms with Crippen molar-refractivity contribution in [3.8, 4) is 10.7 Å². The van der Waals surface area contributed by atoms with Crippen LogP contribution in [-0.2, 0) is 20.7 Å². The summed E-state index contributed by atoms with van der Waals surface area (Å²) >= 11 is 1.46. The maximum atomic E-state index is 12.2. The van der Waals surface area contributed by atoms with Gasteiger partial charge in [-0.25, -0.2) is 4.98 Å². The molecule has 0 unspecified atom stereocenters. The van der Waals surface area contributed by atoms with Crippen LogP contribution in [0, 0.1) is 0 Å². The summed E-state index contributed by atoms with van der Waals surface area (Å²) < 4.78 is 4.62. The summed E-state index contributed by atoms with van der Waals surface area (Å²) in [5.41, 5.74) is 1.03. The van der Waals surface area contributed by atoms with Gasteiger partial charge in [0.05, 0.1) is 24.9 Å². The number of carbonyl (C=O) groups excluding carboxylic acids is 2. The lowest BCUT2D eigenvalue weighted by molar-refractivity contribution is -0.141. The molecule has 0 saturated carbocycles. The molecule has 0 spiro atoms. The number of rotatable bonds is 7. The fourth-order valence-corrected chi connectivity index (χ4v) is 2.96. The zero-order chi connectivity index (χ0) is 17.6. The molecule has 2 aromatic heterocycles. The highest BCUT2D eigenvalue weighted by molar-refractivity contribution is 7.13. The second kappa shape index (κ2) is 8.01. The van der Waals surface area contributed by atoms with Crippen molar-refractivity contribution in [2.75, 3.05) is 7.11 Å². The third-order valence-corrected chi connectivity index (χ3v) is 4.35. The molecular weight excluding hydrogens is 326 g/mol. The first-order chi connectivity index (χ1) is 11.4. The minimum Gasteiger partial charge on any atom is -0.469 e. The number of aromatic nitrogens is 2. The van der Waals surface area contributed by atoms with Crippen LogP contribution in [0.15, 0.2) is 29.8 Å². The molecule has 0 saturated heterocycles. The lowest BCUT2D eigenvalue weighted by Crippen LogP contribution is -2.44. The zero-order valence-corrected chi connectivity index (χ0v) is 14.9. The number of carbonyl (C=O) groups is 2. The second-order valence-corrected chi connectivity index (χ2v) is 6.90. The van der Waals surface area contributed by atoms with E-state index in [0.29, 0.717) is 12.1 Å². The number of ether oxygens (including phenoxy) is 1. The molecular formula is C17H21N3O3S. The van der Waals surface area contributed by atoms with E-state index in [0.717, 1.165) is 10.7 Å². The first kappa shape index (κ1) is 18.1. The number of nitrogens with one attached hydrogen (secondary N) is 1. The van der Waals surface area contributed by atoms with E-state index >= 15 is 0 Å². The summed E-state index contributed by atoms with van der Waals surface area (Å²) in [5.74, 6) is -0.403. The molecule has 0 fully saturated rings. The van der Waals surface area contributed by atoms with Crippen LogP contribution in [0.3, 0.4) is 0 Å². The topological polar surface area (TPSA) is 81.2 Å². The number of pyridine rings is 1. The molecule has 0 atom stereocenters. The van der Waals surface area contributed by atoms with Crippen LogP contribution >= 0.6 is 11.3 Å². The Bertz CT molecular complexity index is 698. The standard InChI is InChI=1S/C17H21N3O3S/c1-17(2,8-7-15(22)23-3)20-14(21)10-12-11-24-16(19-12)13-6-4-5-9-18-13/h4-6,9,11H,7-8,10H2,1-3H3,(H,20,21). The summed E-state index contributed by atoms with van der Waals surface area (Å²) in [5, 5.41) is 5.60. The van der Waals surface area contributed by atoms with Gasteiger partial charge in [0.25, 0.3) is 0 Å². The van der Waals surface area contributed by atoms with Crippen LogP contribution in [-0.4, -0.2) is 34.5 Å². The highest BCUT2D eigenvalue weighted by Gasteiger charge is 2.22. The smallest absolute Gasteiger partial charge is 0.305 e. The van der Waals surface area contributed by atoms with Gasteiger partial charge in [-0.2, -0.15) is 0 Å². The summed E-state index contributed by atoms with van der Waals surface area (Å²) in [6.45, 7) is 3.77. The van der Waals surface area contributed by atoms with Crippen LogP contribution in [0.4, 0.5) is 0 Å². The summed E-state index contributed by atoms with van der Waals surface area (Å²) in [6.07, 6.45) is 2.70. The Morgan fingerprint density at radius 3 is 2.79 bits per heavy atom. The Labute approximate surface area is 145 Å². The molecule has 0 bridgehead atoms. The van der Waals surface area contributed by atoms with Gasteiger partial charge in [0.2, 0.25) is 5.91 Å². The maximum Gasteiger partial charge on any atom is 0.305 e. The Hall–Kier alpha value is -2.28. The summed E-state index contributed by atoms with van der Waals surface area (Å²) in [7, 11) is 1.36. The molecule has 7 heteroatoms. The lowest BCUT2D eigenvalue weighted by atomic mass is 9.98. The number of thiazole rings is 1. The largest absolute Gasteiger partial charge is 0.469 e. The normalized spacial score (nSPS) is 11.1.